The SMILES string of the molecule is CN1C(=O)[C@H](NC(=O)c2cc(Cc3cccc(F)n3)ccn2)COc2ccc(C#CC(C)(C)O)cc21. The van der Waals surface area contributed by atoms with Crippen LogP contribution in [0.5, 0.6) is 5.75 Å². The second-order valence-corrected chi connectivity index (χ2v) is 8.90. The van der Waals surface area contributed by atoms with Crippen LogP contribution in [0.2, 0.25) is 0 Å². The summed E-state index contributed by atoms with van der Waals surface area (Å²) in [4.78, 5) is 35.4. The molecule has 0 saturated carbocycles. The number of amides is 2. The van der Waals surface area contributed by atoms with E-state index < -0.39 is 23.5 Å². The minimum Gasteiger partial charge on any atom is -0.489 e. The van der Waals surface area contributed by atoms with Crippen LogP contribution >= 0.6 is 0 Å². The second-order valence-electron chi connectivity index (χ2n) is 8.90. The largest absolute Gasteiger partial charge is 0.489 e. The fraction of sp³-hybridized carbons (Fsp3) is 0.259. The molecule has 1 aromatic carbocycles. The molecule has 0 fully saturated rings. The van der Waals surface area contributed by atoms with Crippen molar-refractivity contribution in [3.05, 3.63) is 83.2 Å². The smallest absolute Gasteiger partial charge is 0.270 e. The van der Waals surface area contributed by atoms with Crippen molar-refractivity contribution in [2.75, 3.05) is 18.6 Å². The van der Waals surface area contributed by atoms with Gasteiger partial charge in [0.1, 0.15) is 29.7 Å². The van der Waals surface area contributed by atoms with Gasteiger partial charge in [0.25, 0.3) is 11.8 Å². The van der Waals surface area contributed by atoms with Crippen molar-refractivity contribution < 1.29 is 23.8 Å². The van der Waals surface area contributed by atoms with Gasteiger partial charge < -0.3 is 20.1 Å². The average Bonchev–Trinajstić information content (AvgIpc) is 2.94. The Morgan fingerprint density at radius 3 is 2.83 bits per heavy atom. The van der Waals surface area contributed by atoms with Gasteiger partial charge in [-0.25, -0.2) is 4.98 Å². The molecule has 4 rings (SSSR count). The van der Waals surface area contributed by atoms with E-state index in [4.69, 9.17) is 4.74 Å². The quantitative estimate of drug-likeness (QED) is 0.432. The van der Waals surface area contributed by atoms with Gasteiger partial charge in [-0.05, 0) is 61.9 Å². The van der Waals surface area contributed by atoms with Crippen molar-refractivity contribution in [2.24, 2.45) is 0 Å². The van der Waals surface area contributed by atoms with Gasteiger partial charge >= 0.3 is 0 Å². The lowest BCUT2D eigenvalue weighted by molar-refractivity contribution is -0.120. The van der Waals surface area contributed by atoms with Crippen molar-refractivity contribution in [3.63, 3.8) is 0 Å². The van der Waals surface area contributed by atoms with Crippen LogP contribution in [0.4, 0.5) is 10.1 Å². The molecule has 0 unspecified atom stereocenters. The van der Waals surface area contributed by atoms with E-state index in [1.54, 1.807) is 63.4 Å². The Labute approximate surface area is 208 Å². The summed E-state index contributed by atoms with van der Waals surface area (Å²) in [5.41, 5.74) is 1.31. The number of carbonyl (C=O) groups excluding carboxylic acids is 2. The van der Waals surface area contributed by atoms with Crippen molar-refractivity contribution in [1.29, 1.82) is 0 Å². The molecule has 1 atom stereocenters. The molecule has 1 aliphatic rings. The van der Waals surface area contributed by atoms with Crippen molar-refractivity contribution in [2.45, 2.75) is 31.9 Å². The summed E-state index contributed by atoms with van der Waals surface area (Å²) >= 11 is 0. The number of nitrogens with zero attached hydrogens (tertiary/aromatic N) is 3. The number of nitrogens with one attached hydrogen (secondary N) is 1. The molecule has 9 heteroatoms. The van der Waals surface area contributed by atoms with Crippen LogP contribution in [0.15, 0.2) is 54.7 Å². The molecule has 0 bridgehead atoms. The number of carbonyl (C=O) groups is 2. The van der Waals surface area contributed by atoms with E-state index in [-0.39, 0.29) is 18.2 Å². The zero-order valence-corrected chi connectivity index (χ0v) is 20.1. The molecular weight excluding hydrogens is 463 g/mol. The highest BCUT2D eigenvalue weighted by atomic mass is 19.1. The predicted octanol–water partition coefficient (Wildman–Crippen LogP) is 2.48. The van der Waals surface area contributed by atoms with E-state index in [1.807, 2.05) is 0 Å². The van der Waals surface area contributed by atoms with Gasteiger partial charge in [-0.15, -0.1) is 0 Å². The highest BCUT2D eigenvalue weighted by molar-refractivity contribution is 6.03. The normalized spacial score (nSPS) is 15.2. The van der Waals surface area contributed by atoms with Gasteiger partial charge in [0.05, 0.1) is 5.69 Å². The first-order valence-corrected chi connectivity index (χ1v) is 11.3. The molecule has 8 nitrogen and oxygen atoms in total. The standard InChI is InChI=1S/C27H25FN4O4/c1-27(2,35)11-9-17-7-8-23-22(15-17)32(3)26(34)21(16-36-23)31-25(33)20-14-18(10-12-29-20)13-19-5-4-6-24(28)30-19/h4-8,10,12,14-15,21,35H,13,16H2,1-3H3,(H,31,33)/t21-/m1/s1. The van der Waals surface area contributed by atoms with Gasteiger partial charge in [-0.1, -0.05) is 17.9 Å². The maximum Gasteiger partial charge on any atom is 0.270 e. The van der Waals surface area contributed by atoms with Gasteiger partial charge in [0.15, 0.2) is 0 Å². The van der Waals surface area contributed by atoms with Gasteiger partial charge in [-0.3, -0.25) is 14.6 Å². The summed E-state index contributed by atoms with van der Waals surface area (Å²) in [7, 11) is 1.59. The van der Waals surface area contributed by atoms with Crippen LogP contribution in [0.1, 0.15) is 41.2 Å². The van der Waals surface area contributed by atoms with E-state index >= 15 is 0 Å². The number of pyridine rings is 2. The zero-order chi connectivity index (χ0) is 25.9. The number of fused-ring (bicyclic) bond motifs is 1. The Bertz CT molecular complexity index is 1370. The number of likely N-dealkylation sites (N-methyl/N-ethyl adjacent to an activating group) is 1. The summed E-state index contributed by atoms with van der Waals surface area (Å²) in [5, 5.41) is 12.5. The Morgan fingerprint density at radius 1 is 1.28 bits per heavy atom. The molecule has 0 spiro atoms. The number of anilines is 1. The first-order chi connectivity index (χ1) is 17.1. The number of benzene rings is 1. The van der Waals surface area contributed by atoms with Crippen LogP contribution in [0.25, 0.3) is 0 Å². The fourth-order valence-corrected chi connectivity index (χ4v) is 3.60. The van der Waals surface area contributed by atoms with Gasteiger partial charge in [0, 0.05) is 30.9 Å². The van der Waals surface area contributed by atoms with E-state index in [2.05, 4.69) is 27.1 Å². The van der Waals surface area contributed by atoms with E-state index in [9.17, 15) is 19.1 Å². The number of hydrogen-bond donors (Lipinski definition) is 2. The predicted molar refractivity (Wildman–Crippen MR) is 131 cm³/mol. The lowest BCUT2D eigenvalue weighted by Gasteiger charge is -2.20. The Balaban J connectivity index is 1.48. The molecular formula is C27H25FN4O4. The summed E-state index contributed by atoms with van der Waals surface area (Å²) in [6.45, 7) is 3.10. The molecule has 3 heterocycles. The highest BCUT2D eigenvalue weighted by Crippen LogP contribution is 2.31. The maximum absolute atomic E-state index is 13.4. The van der Waals surface area contributed by atoms with Gasteiger partial charge in [0.2, 0.25) is 5.95 Å². The first kappa shape index (κ1) is 24.8. The number of aliphatic hydroxyl groups is 1. The Kier molecular flexibility index (Phi) is 6.99. The molecule has 3 aromatic rings. The molecule has 1 aliphatic heterocycles. The second kappa shape index (κ2) is 10.1. The first-order valence-electron chi connectivity index (χ1n) is 11.3. The number of rotatable bonds is 4. The Hall–Kier alpha value is -4.29. The summed E-state index contributed by atoms with van der Waals surface area (Å²) in [5.74, 6) is 4.61. The third-order valence-electron chi connectivity index (χ3n) is 5.39. The summed E-state index contributed by atoms with van der Waals surface area (Å²) in [6.07, 6.45) is 1.80. The number of hydrogen-bond acceptors (Lipinski definition) is 6. The van der Waals surface area contributed by atoms with E-state index in [0.717, 1.165) is 5.56 Å². The summed E-state index contributed by atoms with van der Waals surface area (Å²) in [6, 6.07) is 12.0. The maximum atomic E-state index is 13.4. The van der Waals surface area contributed by atoms with Crippen LogP contribution in [0.3, 0.4) is 0 Å². The zero-order valence-electron chi connectivity index (χ0n) is 20.1. The monoisotopic (exact) mass is 488 g/mol. The van der Waals surface area contributed by atoms with Crippen molar-refractivity contribution in [1.82, 2.24) is 15.3 Å². The van der Waals surface area contributed by atoms with Crippen molar-refractivity contribution in [3.8, 4) is 17.6 Å². The van der Waals surface area contributed by atoms with Crippen LogP contribution in [-0.2, 0) is 11.2 Å². The fourth-order valence-electron chi connectivity index (χ4n) is 3.60. The molecule has 2 amide bonds. The lowest BCUT2D eigenvalue weighted by atomic mass is 10.1. The minimum atomic E-state index is -1.15. The molecule has 0 saturated heterocycles. The third kappa shape index (κ3) is 6.03. The molecule has 184 valence electrons. The van der Waals surface area contributed by atoms with Gasteiger partial charge in [-0.2, -0.15) is 4.39 Å². The number of halogens is 1. The Morgan fingerprint density at radius 2 is 2.08 bits per heavy atom. The number of aromatic nitrogens is 2. The molecule has 2 N–H and O–H groups in total. The van der Waals surface area contributed by atoms with Crippen LogP contribution in [-0.4, -0.2) is 52.2 Å². The summed E-state index contributed by atoms with van der Waals surface area (Å²) < 4.78 is 19.2. The molecule has 2 aromatic heterocycles. The van der Waals surface area contributed by atoms with E-state index in [1.165, 1.54) is 17.2 Å². The minimum absolute atomic E-state index is 0.0660. The topological polar surface area (TPSA) is 105 Å². The van der Waals surface area contributed by atoms with Crippen LogP contribution < -0.4 is 15.0 Å². The lowest BCUT2D eigenvalue weighted by Crippen LogP contribution is -2.49. The highest BCUT2D eigenvalue weighted by Gasteiger charge is 2.31. The van der Waals surface area contributed by atoms with E-state index in [0.29, 0.717) is 29.1 Å². The molecule has 36 heavy (non-hydrogen) atoms. The van der Waals surface area contributed by atoms with Crippen molar-refractivity contribution >= 4 is 17.5 Å². The average molecular weight is 489 g/mol. The molecule has 0 radical (unpaired) electrons. The third-order valence-corrected chi connectivity index (χ3v) is 5.39. The van der Waals surface area contributed by atoms with Crippen LogP contribution in [0, 0.1) is 17.8 Å². The number of ether oxygens (including phenoxy) is 1. The molecule has 0 aliphatic carbocycles.